The van der Waals surface area contributed by atoms with Crippen LogP contribution in [0, 0.1) is 0 Å². The Hall–Kier alpha value is -0.210. The van der Waals surface area contributed by atoms with Crippen molar-refractivity contribution in [2.45, 2.75) is 20.0 Å². The molecule has 0 aliphatic carbocycles. The van der Waals surface area contributed by atoms with Crippen molar-refractivity contribution in [3.63, 3.8) is 0 Å². The zero-order valence-corrected chi connectivity index (χ0v) is 11.6. The number of sulfonamides is 1. The maximum Gasteiger partial charge on any atom is 0.216 e. The molecule has 0 saturated carbocycles. The van der Waals surface area contributed by atoms with Crippen molar-refractivity contribution < 1.29 is 23.0 Å². The number of methoxy groups -OCH3 is 1. The minimum Gasteiger partial charge on any atom is -0.395 e. The van der Waals surface area contributed by atoms with Crippen LogP contribution in [0.15, 0.2) is 0 Å². The van der Waals surface area contributed by atoms with Crippen LogP contribution < -0.4 is 0 Å². The van der Waals surface area contributed by atoms with Crippen molar-refractivity contribution in [1.82, 2.24) is 4.31 Å². The highest BCUT2D eigenvalue weighted by Crippen LogP contribution is 2.02. The molecule has 0 radical (unpaired) electrons. The first kappa shape index (κ1) is 16.8. The van der Waals surface area contributed by atoms with E-state index in [-0.39, 0.29) is 38.2 Å². The fourth-order valence-corrected chi connectivity index (χ4v) is 2.49. The number of ether oxygens (including phenoxy) is 2. The average molecular weight is 269 g/mol. The third kappa shape index (κ3) is 7.67. The summed E-state index contributed by atoms with van der Waals surface area (Å²) in [6, 6.07) is 0. The summed E-state index contributed by atoms with van der Waals surface area (Å²) in [6.07, 6.45) is 0.00969. The lowest BCUT2D eigenvalue weighted by atomic mass is 10.5. The Morgan fingerprint density at radius 2 is 1.88 bits per heavy atom. The van der Waals surface area contributed by atoms with E-state index in [1.807, 2.05) is 13.8 Å². The summed E-state index contributed by atoms with van der Waals surface area (Å²) in [7, 11) is -1.88. The van der Waals surface area contributed by atoms with E-state index < -0.39 is 10.0 Å². The second-order valence-electron chi connectivity index (χ2n) is 3.85. The van der Waals surface area contributed by atoms with E-state index in [0.717, 1.165) is 0 Å². The third-order valence-electron chi connectivity index (χ3n) is 2.08. The molecule has 0 aromatic carbocycles. The molecule has 0 saturated heterocycles. The van der Waals surface area contributed by atoms with Crippen molar-refractivity contribution in [3.8, 4) is 0 Å². The molecule has 0 atom stereocenters. The van der Waals surface area contributed by atoms with Gasteiger partial charge < -0.3 is 14.6 Å². The summed E-state index contributed by atoms with van der Waals surface area (Å²) in [6.45, 7) is 4.31. The van der Waals surface area contributed by atoms with Crippen LogP contribution in [0.3, 0.4) is 0 Å². The topological polar surface area (TPSA) is 76.1 Å². The minimum absolute atomic E-state index is 0.00969. The predicted octanol–water partition coefficient (Wildman–Crippen LogP) is -0.318. The zero-order chi connectivity index (χ0) is 13.3. The van der Waals surface area contributed by atoms with Gasteiger partial charge in [-0.1, -0.05) is 0 Å². The van der Waals surface area contributed by atoms with Crippen LogP contribution in [0.25, 0.3) is 0 Å². The van der Waals surface area contributed by atoms with Crippen molar-refractivity contribution in [3.05, 3.63) is 0 Å². The summed E-state index contributed by atoms with van der Waals surface area (Å²) < 4.78 is 35.0. The molecule has 0 bridgehead atoms. The largest absolute Gasteiger partial charge is 0.395 e. The Kier molecular flexibility index (Phi) is 8.71. The van der Waals surface area contributed by atoms with Crippen molar-refractivity contribution in [2.24, 2.45) is 0 Å². The number of rotatable bonds is 10. The zero-order valence-electron chi connectivity index (χ0n) is 10.8. The molecule has 104 valence electrons. The summed E-state index contributed by atoms with van der Waals surface area (Å²) >= 11 is 0. The van der Waals surface area contributed by atoms with Crippen LogP contribution in [0.1, 0.15) is 13.8 Å². The Balaban J connectivity index is 4.28. The molecule has 0 amide bonds. The minimum atomic E-state index is -3.38. The standard InChI is InChI=1S/C10H23NO5S/c1-10(2)16-8-9-17(13,14)11(4-6-12)5-7-15-3/h10,12H,4-9H2,1-3H3. The Morgan fingerprint density at radius 1 is 1.24 bits per heavy atom. The number of nitrogens with zero attached hydrogens (tertiary/aromatic N) is 1. The monoisotopic (exact) mass is 269 g/mol. The van der Waals surface area contributed by atoms with Gasteiger partial charge >= 0.3 is 0 Å². The summed E-state index contributed by atoms with van der Waals surface area (Å²) in [4.78, 5) is 0. The van der Waals surface area contributed by atoms with Gasteiger partial charge in [-0.3, -0.25) is 0 Å². The van der Waals surface area contributed by atoms with Crippen LogP contribution in [-0.4, -0.2) is 69.7 Å². The second kappa shape index (κ2) is 8.82. The molecule has 0 aromatic heterocycles. The maximum absolute atomic E-state index is 11.9. The van der Waals surface area contributed by atoms with Gasteiger partial charge in [-0.15, -0.1) is 0 Å². The molecule has 6 nitrogen and oxygen atoms in total. The predicted molar refractivity (Wildman–Crippen MR) is 65.4 cm³/mol. The van der Waals surface area contributed by atoms with Crippen molar-refractivity contribution >= 4 is 10.0 Å². The first-order valence-electron chi connectivity index (χ1n) is 5.63. The normalized spacial score (nSPS) is 12.6. The molecule has 17 heavy (non-hydrogen) atoms. The van der Waals surface area contributed by atoms with Gasteiger partial charge in [0, 0.05) is 20.2 Å². The van der Waals surface area contributed by atoms with E-state index >= 15 is 0 Å². The van der Waals surface area contributed by atoms with Crippen LogP contribution in [-0.2, 0) is 19.5 Å². The lowest BCUT2D eigenvalue weighted by molar-refractivity contribution is 0.0903. The molecule has 0 spiro atoms. The lowest BCUT2D eigenvalue weighted by Crippen LogP contribution is -2.38. The molecule has 0 aliphatic heterocycles. The second-order valence-corrected chi connectivity index (χ2v) is 5.94. The first-order chi connectivity index (χ1) is 7.94. The Morgan fingerprint density at radius 3 is 2.35 bits per heavy atom. The fraction of sp³-hybridized carbons (Fsp3) is 1.00. The maximum atomic E-state index is 11.9. The van der Waals surface area contributed by atoms with Gasteiger partial charge in [0.05, 0.1) is 31.7 Å². The van der Waals surface area contributed by atoms with Crippen LogP contribution in [0.2, 0.25) is 0 Å². The summed E-state index contributed by atoms with van der Waals surface area (Å²) in [5.74, 6) is -0.0745. The number of hydrogen-bond acceptors (Lipinski definition) is 5. The van der Waals surface area contributed by atoms with E-state index in [1.54, 1.807) is 0 Å². The van der Waals surface area contributed by atoms with E-state index in [0.29, 0.717) is 6.61 Å². The molecule has 0 aromatic rings. The van der Waals surface area contributed by atoms with Gasteiger partial charge in [0.25, 0.3) is 0 Å². The van der Waals surface area contributed by atoms with Crippen LogP contribution in [0.4, 0.5) is 0 Å². The van der Waals surface area contributed by atoms with Crippen LogP contribution in [0.5, 0.6) is 0 Å². The van der Waals surface area contributed by atoms with Gasteiger partial charge in [0.1, 0.15) is 0 Å². The smallest absolute Gasteiger partial charge is 0.216 e. The highest BCUT2D eigenvalue weighted by molar-refractivity contribution is 7.89. The number of hydrogen-bond donors (Lipinski definition) is 1. The molecular weight excluding hydrogens is 246 g/mol. The molecular formula is C10H23NO5S. The lowest BCUT2D eigenvalue weighted by Gasteiger charge is -2.21. The van der Waals surface area contributed by atoms with Gasteiger partial charge in [-0.25, -0.2) is 8.42 Å². The Bertz CT molecular complexity index is 278. The van der Waals surface area contributed by atoms with Gasteiger partial charge in [0.2, 0.25) is 10.0 Å². The number of aliphatic hydroxyl groups excluding tert-OH is 1. The van der Waals surface area contributed by atoms with E-state index in [2.05, 4.69) is 0 Å². The fourth-order valence-electron chi connectivity index (χ4n) is 1.21. The van der Waals surface area contributed by atoms with Crippen molar-refractivity contribution in [2.75, 3.05) is 45.8 Å². The van der Waals surface area contributed by atoms with E-state index in [1.165, 1.54) is 11.4 Å². The van der Waals surface area contributed by atoms with E-state index in [4.69, 9.17) is 14.6 Å². The summed E-state index contributed by atoms with van der Waals surface area (Å²) in [5, 5.41) is 8.83. The summed E-state index contributed by atoms with van der Waals surface area (Å²) in [5.41, 5.74) is 0. The molecule has 0 unspecified atom stereocenters. The third-order valence-corrected chi connectivity index (χ3v) is 3.91. The SMILES string of the molecule is COCCN(CCO)S(=O)(=O)CCOC(C)C. The van der Waals surface area contributed by atoms with Gasteiger partial charge in [-0.05, 0) is 13.8 Å². The average Bonchev–Trinajstić information content (AvgIpc) is 2.23. The molecule has 7 heteroatoms. The quantitative estimate of drug-likeness (QED) is 0.588. The van der Waals surface area contributed by atoms with Crippen LogP contribution >= 0.6 is 0 Å². The highest BCUT2D eigenvalue weighted by atomic mass is 32.2. The molecule has 0 rings (SSSR count). The van der Waals surface area contributed by atoms with Crippen molar-refractivity contribution in [1.29, 1.82) is 0 Å². The molecule has 0 fully saturated rings. The number of aliphatic hydroxyl groups is 1. The first-order valence-corrected chi connectivity index (χ1v) is 7.24. The molecule has 0 aliphatic rings. The molecule has 1 N–H and O–H groups in total. The van der Waals surface area contributed by atoms with E-state index in [9.17, 15) is 8.42 Å². The Labute approximate surface area is 104 Å². The highest BCUT2D eigenvalue weighted by Gasteiger charge is 2.21. The van der Waals surface area contributed by atoms with Gasteiger partial charge in [-0.2, -0.15) is 4.31 Å². The molecule has 0 heterocycles. The van der Waals surface area contributed by atoms with Gasteiger partial charge in [0.15, 0.2) is 0 Å².